The molecule has 0 amide bonds. The summed E-state index contributed by atoms with van der Waals surface area (Å²) in [5.74, 6) is 0. The second-order valence-electron chi connectivity index (χ2n) is 4.87. The smallest absolute Gasteiger partial charge is 0.219 e. The maximum absolute atomic E-state index is 4.24. The summed E-state index contributed by atoms with van der Waals surface area (Å²) in [6.45, 7) is 4.24. The highest BCUT2D eigenvalue weighted by Gasteiger charge is 2.16. The van der Waals surface area contributed by atoms with Crippen molar-refractivity contribution >= 4 is 35.1 Å². The van der Waals surface area contributed by atoms with Gasteiger partial charge in [0, 0.05) is 25.4 Å². The van der Waals surface area contributed by atoms with E-state index >= 15 is 0 Å². The third kappa shape index (κ3) is 2.48. The van der Waals surface area contributed by atoms with Gasteiger partial charge in [-0.25, -0.2) is 0 Å². The summed E-state index contributed by atoms with van der Waals surface area (Å²) in [6, 6.07) is 22.8. The number of aliphatic imine (C=N–C) groups is 1. The molecule has 3 aromatic carbocycles. The molecule has 0 heterocycles. The SMILES string of the molecule is C=[N+](c1ccccc1C=NC)c1cccc2ccccc12. The molecule has 0 aliphatic rings. The fourth-order valence-corrected chi connectivity index (χ4v) is 2.56. The van der Waals surface area contributed by atoms with Crippen LogP contribution in [0.1, 0.15) is 5.56 Å². The van der Waals surface area contributed by atoms with Crippen molar-refractivity contribution in [2.45, 2.75) is 0 Å². The second-order valence-corrected chi connectivity index (χ2v) is 4.87. The van der Waals surface area contributed by atoms with E-state index in [9.17, 15) is 0 Å². The highest BCUT2D eigenvalue weighted by Crippen LogP contribution is 2.29. The molecular weight excluding hydrogens is 256 g/mol. The summed E-state index contributed by atoms with van der Waals surface area (Å²) >= 11 is 0. The van der Waals surface area contributed by atoms with Gasteiger partial charge in [-0.1, -0.05) is 42.5 Å². The lowest BCUT2D eigenvalue weighted by atomic mass is 10.1. The van der Waals surface area contributed by atoms with Crippen LogP contribution in [0.3, 0.4) is 0 Å². The van der Waals surface area contributed by atoms with Gasteiger partial charge in [-0.05, 0) is 17.5 Å². The lowest BCUT2D eigenvalue weighted by Crippen LogP contribution is -2.03. The van der Waals surface area contributed by atoms with Crippen LogP contribution >= 0.6 is 0 Å². The van der Waals surface area contributed by atoms with E-state index < -0.39 is 0 Å². The van der Waals surface area contributed by atoms with Crippen LogP contribution in [-0.2, 0) is 0 Å². The van der Waals surface area contributed by atoms with Gasteiger partial charge in [0.25, 0.3) is 0 Å². The Morgan fingerprint density at radius 1 is 0.857 bits per heavy atom. The minimum absolute atomic E-state index is 1.04. The predicted molar refractivity (Wildman–Crippen MR) is 92.5 cm³/mol. The van der Waals surface area contributed by atoms with Gasteiger partial charge in [0.05, 0.1) is 10.9 Å². The lowest BCUT2D eigenvalue weighted by Gasteiger charge is -2.06. The van der Waals surface area contributed by atoms with E-state index in [0.29, 0.717) is 0 Å². The Labute approximate surface area is 124 Å². The van der Waals surface area contributed by atoms with Crippen LogP contribution in [0, 0.1) is 0 Å². The Morgan fingerprint density at radius 3 is 2.38 bits per heavy atom. The molecule has 0 fully saturated rings. The summed E-state index contributed by atoms with van der Waals surface area (Å²) in [5, 5.41) is 2.41. The number of nitrogens with zero attached hydrogens (tertiary/aromatic N) is 2. The molecule has 0 bridgehead atoms. The summed E-state index contributed by atoms with van der Waals surface area (Å²) in [6.07, 6.45) is 1.86. The fraction of sp³-hybridized carbons (Fsp3) is 0.0526. The quantitative estimate of drug-likeness (QED) is 0.496. The third-order valence-corrected chi connectivity index (χ3v) is 3.55. The zero-order chi connectivity index (χ0) is 14.7. The first-order valence-electron chi connectivity index (χ1n) is 6.91. The van der Waals surface area contributed by atoms with Crippen molar-refractivity contribution in [2.75, 3.05) is 7.05 Å². The highest BCUT2D eigenvalue weighted by molar-refractivity contribution is 5.96. The van der Waals surface area contributed by atoms with Crippen LogP contribution < -0.4 is 4.58 Å². The van der Waals surface area contributed by atoms with E-state index in [1.807, 2.05) is 29.0 Å². The molecule has 0 aromatic heterocycles. The maximum Gasteiger partial charge on any atom is 0.219 e. The van der Waals surface area contributed by atoms with Crippen LogP contribution in [0.15, 0.2) is 71.7 Å². The maximum atomic E-state index is 4.24. The standard InChI is InChI=1S/C19H17N2/c1-20-14-16-9-4-6-12-18(16)21(2)19-13-7-10-15-8-3-5-11-17(15)19/h3-14H,2H2,1H3/q+1. The number of hydrogen-bond donors (Lipinski definition) is 0. The predicted octanol–water partition coefficient (Wildman–Crippen LogP) is 4.42. The van der Waals surface area contributed by atoms with E-state index in [2.05, 4.69) is 60.2 Å². The largest absolute Gasteiger partial charge is 0.296 e. The number of benzene rings is 3. The molecule has 0 saturated carbocycles. The molecule has 2 heteroatoms. The molecule has 0 saturated heterocycles. The highest BCUT2D eigenvalue weighted by atomic mass is 15.0. The average molecular weight is 273 g/mol. The molecule has 0 radical (unpaired) electrons. The van der Waals surface area contributed by atoms with E-state index in [0.717, 1.165) is 16.9 Å². The molecule has 0 atom stereocenters. The number of fused-ring (bicyclic) bond motifs is 1. The van der Waals surface area contributed by atoms with E-state index in [1.165, 1.54) is 10.8 Å². The Kier molecular flexibility index (Phi) is 3.61. The summed E-state index contributed by atoms with van der Waals surface area (Å²) in [5.41, 5.74) is 3.19. The van der Waals surface area contributed by atoms with Gasteiger partial charge in [-0.2, -0.15) is 4.58 Å². The van der Waals surface area contributed by atoms with Gasteiger partial charge < -0.3 is 0 Å². The molecule has 0 aliphatic carbocycles. The summed E-state index contributed by atoms with van der Waals surface area (Å²) < 4.78 is 1.97. The molecule has 3 rings (SSSR count). The Morgan fingerprint density at radius 2 is 1.52 bits per heavy atom. The van der Waals surface area contributed by atoms with Crippen molar-refractivity contribution in [1.29, 1.82) is 0 Å². The first-order valence-corrected chi connectivity index (χ1v) is 6.91. The van der Waals surface area contributed by atoms with Crippen molar-refractivity contribution in [3.8, 4) is 0 Å². The lowest BCUT2D eigenvalue weighted by molar-refractivity contribution is 1.12. The van der Waals surface area contributed by atoms with Crippen molar-refractivity contribution in [3.05, 3.63) is 72.3 Å². The fourth-order valence-electron chi connectivity index (χ4n) is 2.56. The first kappa shape index (κ1) is 13.3. The van der Waals surface area contributed by atoms with Gasteiger partial charge >= 0.3 is 0 Å². The summed E-state index contributed by atoms with van der Waals surface area (Å²) in [7, 11) is 1.78. The normalized spacial score (nSPS) is 11.1. The molecule has 2 nitrogen and oxygen atoms in total. The van der Waals surface area contributed by atoms with Gasteiger partial charge in [0.1, 0.15) is 6.72 Å². The summed E-state index contributed by atoms with van der Waals surface area (Å²) in [4.78, 5) is 4.13. The molecule has 0 unspecified atom stereocenters. The molecule has 102 valence electrons. The average Bonchev–Trinajstić information content (AvgIpc) is 2.54. The minimum Gasteiger partial charge on any atom is -0.296 e. The Balaban J connectivity index is 2.18. The number of hydrogen-bond acceptors (Lipinski definition) is 1. The first-order chi connectivity index (χ1) is 10.3. The van der Waals surface area contributed by atoms with Crippen LogP contribution in [0.2, 0.25) is 0 Å². The van der Waals surface area contributed by atoms with Crippen molar-refractivity contribution in [2.24, 2.45) is 4.99 Å². The second kappa shape index (κ2) is 5.71. The Hall–Kier alpha value is -2.74. The molecule has 0 N–H and O–H groups in total. The van der Waals surface area contributed by atoms with Crippen molar-refractivity contribution in [3.63, 3.8) is 0 Å². The third-order valence-electron chi connectivity index (χ3n) is 3.55. The van der Waals surface area contributed by atoms with Gasteiger partial charge in [-0.3, -0.25) is 4.99 Å². The number of para-hydroxylation sites is 1. The van der Waals surface area contributed by atoms with Gasteiger partial charge in [-0.15, -0.1) is 0 Å². The van der Waals surface area contributed by atoms with E-state index in [1.54, 1.807) is 7.05 Å². The molecule has 0 aliphatic heterocycles. The van der Waals surface area contributed by atoms with E-state index in [-0.39, 0.29) is 0 Å². The molecule has 21 heavy (non-hydrogen) atoms. The van der Waals surface area contributed by atoms with Crippen molar-refractivity contribution in [1.82, 2.24) is 4.58 Å². The van der Waals surface area contributed by atoms with Crippen LogP contribution in [0.5, 0.6) is 0 Å². The minimum atomic E-state index is 1.04. The zero-order valence-corrected chi connectivity index (χ0v) is 12.0. The number of rotatable bonds is 3. The van der Waals surface area contributed by atoms with Gasteiger partial charge in [0.2, 0.25) is 11.4 Å². The van der Waals surface area contributed by atoms with Crippen LogP contribution in [0.25, 0.3) is 10.8 Å². The molecule has 0 spiro atoms. The van der Waals surface area contributed by atoms with Gasteiger partial charge in [0.15, 0.2) is 0 Å². The molecule has 3 aromatic rings. The van der Waals surface area contributed by atoms with Crippen molar-refractivity contribution < 1.29 is 0 Å². The monoisotopic (exact) mass is 273 g/mol. The van der Waals surface area contributed by atoms with E-state index in [4.69, 9.17) is 0 Å². The van der Waals surface area contributed by atoms with Crippen LogP contribution in [-0.4, -0.2) is 20.0 Å². The topological polar surface area (TPSA) is 15.4 Å². The van der Waals surface area contributed by atoms with Crippen LogP contribution in [0.4, 0.5) is 11.4 Å². The zero-order valence-electron chi connectivity index (χ0n) is 12.0. The Bertz CT molecular complexity index is 826. The molecular formula is C19H17N2+.